The molecule has 0 aliphatic heterocycles. The van der Waals surface area contributed by atoms with E-state index in [1.54, 1.807) is 17.6 Å². The molecule has 1 N–H and O–H groups in total. The summed E-state index contributed by atoms with van der Waals surface area (Å²) in [6, 6.07) is 21.7. The van der Waals surface area contributed by atoms with Crippen LogP contribution in [0.15, 0.2) is 89.0 Å². The number of benzene rings is 2. The average molecular weight is 444 g/mol. The highest BCUT2D eigenvalue weighted by Crippen LogP contribution is 2.27. The van der Waals surface area contributed by atoms with Gasteiger partial charge in [-0.05, 0) is 41.3 Å². The van der Waals surface area contributed by atoms with Crippen molar-refractivity contribution in [1.29, 1.82) is 0 Å². The Hall–Kier alpha value is -3.68. The SMILES string of the molecule is OCc1cn(Cc2ccc(OCc3coc(-c4ccccc4)n3)cc2)nc1-c1cccs1. The summed E-state index contributed by atoms with van der Waals surface area (Å²) in [4.78, 5) is 5.54. The van der Waals surface area contributed by atoms with E-state index in [0.29, 0.717) is 19.0 Å². The van der Waals surface area contributed by atoms with Crippen LogP contribution in [0, 0.1) is 0 Å². The zero-order valence-corrected chi connectivity index (χ0v) is 18.0. The van der Waals surface area contributed by atoms with E-state index in [1.807, 2.05) is 83.0 Å². The quantitative estimate of drug-likeness (QED) is 0.348. The first-order valence-corrected chi connectivity index (χ1v) is 11.1. The Labute approximate surface area is 189 Å². The predicted octanol–water partition coefficient (Wildman–Crippen LogP) is 5.39. The molecule has 5 aromatic rings. The Bertz CT molecular complexity index is 1280. The number of hydrogen-bond donors (Lipinski definition) is 1. The molecule has 0 unspecified atom stereocenters. The summed E-state index contributed by atoms with van der Waals surface area (Å²) in [6.07, 6.45) is 3.52. The summed E-state index contributed by atoms with van der Waals surface area (Å²) in [5.41, 5.74) is 4.44. The molecule has 0 saturated heterocycles. The molecule has 0 aliphatic rings. The third kappa shape index (κ3) is 4.49. The molecule has 0 atom stereocenters. The van der Waals surface area contributed by atoms with Gasteiger partial charge in [0.25, 0.3) is 0 Å². The molecule has 32 heavy (non-hydrogen) atoms. The number of aromatic nitrogens is 3. The first-order chi connectivity index (χ1) is 15.8. The normalized spacial score (nSPS) is 11.0. The van der Waals surface area contributed by atoms with E-state index in [1.165, 1.54) is 0 Å². The van der Waals surface area contributed by atoms with Crippen LogP contribution in [0.5, 0.6) is 5.75 Å². The van der Waals surface area contributed by atoms with Crippen molar-refractivity contribution in [1.82, 2.24) is 14.8 Å². The van der Waals surface area contributed by atoms with Crippen LogP contribution >= 0.6 is 11.3 Å². The van der Waals surface area contributed by atoms with Gasteiger partial charge in [-0.25, -0.2) is 4.98 Å². The summed E-state index contributed by atoms with van der Waals surface area (Å²) < 4.78 is 13.3. The van der Waals surface area contributed by atoms with Gasteiger partial charge in [0.05, 0.1) is 18.0 Å². The van der Waals surface area contributed by atoms with E-state index < -0.39 is 0 Å². The molecule has 0 saturated carbocycles. The molecular formula is C25H21N3O3S. The Morgan fingerprint density at radius 2 is 1.84 bits per heavy atom. The summed E-state index contributed by atoms with van der Waals surface area (Å²) in [7, 11) is 0. The Morgan fingerprint density at radius 1 is 1.00 bits per heavy atom. The van der Waals surface area contributed by atoms with E-state index >= 15 is 0 Å². The van der Waals surface area contributed by atoms with Gasteiger partial charge in [0.1, 0.15) is 30.0 Å². The van der Waals surface area contributed by atoms with Gasteiger partial charge in [-0.15, -0.1) is 11.3 Å². The minimum absolute atomic E-state index is 0.0337. The monoisotopic (exact) mass is 443 g/mol. The Morgan fingerprint density at radius 3 is 2.59 bits per heavy atom. The lowest BCUT2D eigenvalue weighted by molar-refractivity contribution is 0.282. The van der Waals surface area contributed by atoms with E-state index in [4.69, 9.17) is 9.15 Å². The lowest BCUT2D eigenvalue weighted by Crippen LogP contribution is -2.01. The summed E-state index contributed by atoms with van der Waals surface area (Å²) >= 11 is 1.62. The average Bonchev–Trinajstić information content (AvgIpc) is 3.60. The largest absolute Gasteiger partial charge is 0.487 e. The van der Waals surface area contributed by atoms with Crippen molar-refractivity contribution >= 4 is 11.3 Å². The maximum absolute atomic E-state index is 9.68. The smallest absolute Gasteiger partial charge is 0.226 e. The topological polar surface area (TPSA) is 73.3 Å². The van der Waals surface area contributed by atoms with E-state index in [0.717, 1.165) is 38.7 Å². The molecule has 0 fully saturated rings. The van der Waals surface area contributed by atoms with Crippen LogP contribution in [-0.4, -0.2) is 19.9 Å². The fraction of sp³-hybridized carbons (Fsp3) is 0.120. The van der Waals surface area contributed by atoms with Gasteiger partial charge in [-0.2, -0.15) is 5.10 Å². The second-order valence-corrected chi connectivity index (χ2v) is 8.23. The molecule has 0 radical (unpaired) electrons. The maximum atomic E-state index is 9.68. The van der Waals surface area contributed by atoms with Crippen LogP contribution < -0.4 is 4.74 Å². The molecule has 0 aliphatic carbocycles. The molecule has 3 aromatic heterocycles. The van der Waals surface area contributed by atoms with Crippen molar-refractivity contribution in [2.24, 2.45) is 0 Å². The Kier molecular flexibility index (Phi) is 5.83. The number of thiophene rings is 1. The molecule has 0 bridgehead atoms. The van der Waals surface area contributed by atoms with Crippen LogP contribution in [0.1, 0.15) is 16.8 Å². The van der Waals surface area contributed by atoms with Crippen molar-refractivity contribution < 1.29 is 14.3 Å². The highest BCUT2D eigenvalue weighted by atomic mass is 32.1. The third-order valence-corrected chi connectivity index (χ3v) is 5.87. The number of rotatable bonds is 8. The van der Waals surface area contributed by atoms with Crippen molar-refractivity contribution in [3.8, 4) is 27.8 Å². The van der Waals surface area contributed by atoms with Crippen molar-refractivity contribution in [2.75, 3.05) is 0 Å². The summed E-state index contributed by atoms with van der Waals surface area (Å²) in [5, 5.41) is 16.3. The number of oxazole rings is 1. The number of nitrogens with zero attached hydrogens (tertiary/aromatic N) is 3. The molecule has 7 heteroatoms. The molecule has 6 nitrogen and oxygen atoms in total. The second-order valence-electron chi connectivity index (χ2n) is 7.28. The maximum Gasteiger partial charge on any atom is 0.226 e. The van der Waals surface area contributed by atoms with Gasteiger partial charge in [0.2, 0.25) is 5.89 Å². The van der Waals surface area contributed by atoms with Crippen LogP contribution in [0.4, 0.5) is 0 Å². The molecule has 0 spiro atoms. The second kappa shape index (κ2) is 9.21. The first kappa shape index (κ1) is 20.2. The number of hydrogen-bond acceptors (Lipinski definition) is 6. The minimum atomic E-state index is -0.0337. The molecule has 160 valence electrons. The van der Waals surface area contributed by atoms with Gasteiger partial charge in [-0.1, -0.05) is 36.4 Å². The lowest BCUT2D eigenvalue weighted by Gasteiger charge is -2.06. The van der Waals surface area contributed by atoms with Crippen LogP contribution in [0.3, 0.4) is 0 Å². The lowest BCUT2D eigenvalue weighted by atomic mass is 10.2. The van der Waals surface area contributed by atoms with E-state index in [2.05, 4.69) is 10.1 Å². The summed E-state index contributed by atoms with van der Waals surface area (Å²) in [5.74, 6) is 1.34. The Balaban J connectivity index is 1.21. The number of ether oxygens (including phenoxy) is 1. The standard InChI is InChI=1S/C25H21N3O3S/c29-15-20-14-28(27-24(20)23-7-4-12-32-23)13-18-8-10-22(11-9-18)30-16-21-17-31-25(26-21)19-5-2-1-3-6-19/h1-12,14,17,29H,13,15-16H2. The molecule has 3 heterocycles. The highest BCUT2D eigenvalue weighted by molar-refractivity contribution is 7.13. The zero-order chi connectivity index (χ0) is 21.8. The van der Waals surface area contributed by atoms with E-state index in [-0.39, 0.29) is 6.61 Å². The van der Waals surface area contributed by atoms with Gasteiger partial charge in [-0.3, -0.25) is 4.68 Å². The zero-order valence-electron chi connectivity index (χ0n) is 17.2. The number of aliphatic hydroxyl groups is 1. The molecule has 5 rings (SSSR count). The summed E-state index contributed by atoms with van der Waals surface area (Å²) in [6.45, 7) is 0.912. The van der Waals surface area contributed by atoms with E-state index in [9.17, 15) is 5.11 Å². The van der Waals surface area contributed by atoms with Crippen molar-refractivity contribution in [3.63, 3.8) is 0 Å². The molecular weight excluding hydrogens is 422 g/mol. The van der Waals surface area contributed by atoms with Crippen LogP contribution in [0.2, 0.25) is 0 Å². The fourth-order valence-corrected chi connectivity index (χ4v) is 4.15. The first-order valence-electron chi connectivity index (χ1n) is 10.2. The van der Waals surface area contributed by atoms with Crippen LogP contribution in [0.25, 0.3) is 22.0 Å². The van der Waals surface area contributed by atoms with Gasteiger partial charge in [0.15, 0.2) is 0 Å². The minimum Gasteiger partial charge on any atom is -0.487 e. The fourth-order valence-electron chi connectivity index (χ4n) is 3.40. The molecule has 0 amide bonds. The predicted molar refractivity (Wildman–Crippen MR) is 123 cm³/mol. The van der Waals surface area contributed by atoms with Gasteiger partial charge < -0.3 is 14.3 Å². The number of aliphatic hydroxyl groups excluding tert-OH is 1. The third-order valence-electron chi connectivity index (χ3n) is 4.99. The van der Waals surface area contributed by atoms with Gasteiger partial charge in [0, 0.05) is 17.3 Å². The van der Waals surface area contributed by atoms with Crippen molar-refractivity contribution in [3.05, 3.63) is 101 Å². The van der Waals surface area contributed by atoms with Crippen LogP contribution in [-0.2, 0) is 19.8 Å². The highest BCUT2D eigenvalue weighted by Gasteiger charge is 2.12. The molecule has 2 aromatic carbocycles. The van der Waals surface area contributed by atoms with Crippen molar-refractivity contribution in [2.45, 2.75) is 19.8 Å². The van der Waals surface area contributed by atoms with Gasteiger partial charge >= 0.3 is 0 Å².